The first-order valence-electron chi connectivity index (χ1n) is 5.11. The lowest BCUT2D eigenvalue weighted by molar-refractivity contribution is -0.125. The van der Waals surface area contributed by atoms with Crippen molar-refractivity contribution in [3.63, 3.8) is 0 Å². The summed E-state index contributed by atoms with van der Waals surface area (Å²) in [6.07, 6.45) is 0. The zero-order valence-electron chi connectivity index (χ0n) is 9.71. The second-order valence-electron chi connectivity index (χ2n) is 4.49. The molecular weight excluding hydrogens is 288 g/mol. The molecule has 3 N–H and O–H groups in total. The number of primary amides is 1. The van der Waals surface area contributed by atoms with Gasteiger partial charge < -0.3 is 11.1 Å². The highest BCUT2D eigenvalue weighted by Crippen LogP contribution is 2.27. The van der Waals surface area contributed by atoms with Crippen LogP contribution in [0.3, 0.4) is 0 Å². The van der Waals surface area contributed by atoms with E-state index in [1.165, 1.54) is 4.88 Å². The van der Waals surface area contributed by atoms with Gasteiger partial charge in [-0.2, -0.15) is 0 Å². The molecule has 0 saturated carbocycles. The van der Waals surface area contributed by atoms with Gasteiger partial charge >= 0.3 is 0 Å². The van der Waals surface area contributed by atoms with Crippen molar-refractivity contribution in [2.45, 2.75) is 26.8 Å². The fourth-order valence-electron chi connectivity index (χ4n) is 1.16. The monoisotopic (exact) mass is 304 g/mol. The Bertz CT molecular complexity index is 376. The number of carbonyl (C=O) groups is 1. The Hall–Kier alpha value is -0.390. The zero-order valence-corrected chi connectivity index (χ0v) is 12.1. The fourth-order valence-corrected chi connectivity index (χ4v) is 2.61. The third kappa shape index (κ3) is 3.57. The van der Waals surface area contributed by atoms with Gasteiger partial charge in [0.2, 0.25) is 5.91 Å². The van der Waals surface area contributed by atoms with Gasteiger partial charge in [-0.25, -0.2) is 0 Å². The van der Waals surface area contributed by atoms with Crippen LogP contribution in [0.25, 0.3) is 0 Å². The molecule has 0 radical (unpaired) electrons. The third-order valence-corrected chi connectivity index (χ3v) is 4.34. The topological polar surface area (TPSA) is 55.1 Å². The van der Waals surface area contributed by atoms with E-state index in [0.29, 0.717) is 6.54 Å². The quantitative estimate of drug-likeness (QED) is 0.879. The molecule has 16 heavy (non-hydrogen) atoms. The van der Waals surface area contributed by atoms with E-state index in [4.69, 9.17) is 5.73 Å². The van der Waals surface area contributed by atoms with Gasteiger partial charge in [-0.1, -0.05) is 0 Å². The Kier molecular flexibility index (Phi) is 4.52. The summed E-state index contributed by atoms with van der Waals surface area (Å²) in [6.45, 7) is 6.35. The van der Waals surface area contributed by atoms with Crippen molar-refractivity contribution in [2.24, 2.45) is 11.1 Å². The average molecular weight is 305 g/mol. The number of halogens is 1. The summed E-state index contributed by atoms with van der Waals surface area (Å²) >= 11 is 5.12. The maximum Gasteiger partial charge on any atom is 0.224 e. The molecule has 1 atom stereocenters. The molecule has 0 aliphatic carbocycles. The highest BCUT2D eigenvalue weighted by Gasteiger charge is 2.25. The Labute approximate surface area is 109 Å². The molecule has 0 aliphatic heterocycles. The van der Waals surface area contributed by atoms with Crippen LogP contribution in [0.2, 0.25) is 0 Å². The molecule has 1 aromatic heterocycles. The molecule has 0 fully saturated rings. The summed E-state index contributed by atoms with van der Waals surface area (Å²) in [5.74, 6) is -0.278. The number of thiophene rings is 1. The van der Waals surface area contributed by atoms with Crippen LogP contribution in [0.5, 0.6) is 0 Å². The molecule has 0 aromatic carbocycles. The number of hydrogen-bond acceptors (Lipinski definition) is 3. The smallest absolute Gasteiger partial charge is 0.224 e. The van der Waals surface area contributed by atoms with Crippen molar-refractivity contribution in [3.05, 3.63) is 20.8 Å². The fraction of sp³-hybridized carbons (Fsp3) is 0.545. The Balaban J connectivity index is 2.53. The second-order valence-corrected chi connectivity index (χ2v) is 6.99. The zero-order chi connectivity index (χ0) is 12.3. The first-order valence-corrected chi connectivity index (χ1v) is 6.72. The molecule has 0 aliphatic rings. The van der Waals surface area contributed by atoms with Crippen molar-refractivity contribution in [3.8, 4) is 0 Å². The lowest BCUT2D eigenvalue weighted by Gasteiger charge is -2.23. The summed E-state index contributed by atoms with van der Waals surface area (Å²) in [5, 5.41) is 3.32. The highest BCUT2D eigenvalue weighted by molar-refractivity contribution is 9.11. The number of nitrogens with two attached hydrogens (primary N) is 1. The van der Waals surface area contributed by atoms with Gasteiger partial charge in [0.1, 0.15) is 0 Å². The molecule has 0 spiro atoms. The summed E-state index contributed by atoms with van der Waals surface area (Å²) in [4.78, 5) is 12.4. The maximum absolute atomic E-state index is 11.2. The Morgan fingerprint density at radius 3 is 2.69 bits per heavy atom. The molecule has 0 unspecified atom stereocenters. The van der Waals surface area contributed by atoms with Crippen LogP contribution in [0.4, 0.5) is 0 Å². The molecule has 0 bridgehead atoms. The van der Waals surface area contributed by atoms with E-state index in [-0.39, 0.29) is 11.9 Å². The number of rotatable bonds is 5. The average Bonchev–Trinajstić information content (AvgIpc) is 2.61. The van der Waals surface area contributed by atoms with Crippen LogP contribution in [0, 0.1) is 5.41 Å². The minimum atomic E-state index is -0.511. The first-order chi connectivity index (χ1) is 7.33. The largest absolute Gasteiger partial charge is 0.369 e. The van der Waals surface area contributed by atoms with Crippen LogP contribution in [0.15, 0.2) is 15.9 Å². The number of hydrogen-bond donors (Lipinski definition) is 2. The summed E-state index contributed by atoms with van der Waals surface area (Å²) in [5.41, 5.74) is 4.80. The van der Waals surface area contributed by atoms with Crippen molar-refractivity contribution < 1.29 is 4.79 Å². The Morgan fingerprint density at radius 1 is 1.62 bits per heavy atom. The van der Waals surface area contributed by atoms with Gasteiger partial charge in [0.25, 0.3) is 0 Å². The number of nitrogens with one attached hydrogen (secondary N) is 1. The molecule has 5 heteroatoms. The van der Waals surface area contributed by atoms with Gasteiger partial charge in [-0.15, -0.1) is 11.3 Å². The minimum Gasteiger partial charge on any atom is -0.369 e. The molecule has 1 rings (SSSR count). The standard InChI is InChI=1S/C11H17BrN2OS/c1-7(8-4-5-9(12)16-8)14-6-11(2,3)10(13)15/h4-5,7,14H,6H2,1-3H3,(H2,13,15)/t7-/m0/s1. The molecular formula is C11H17BrN2OS. The van der Waals surface area contributed by atoms with Gasteiger partial charge in [-0.05, 0) is 48.8 Å². The van der Waals surface area contributed by atoms with Crippen molar-refractivity contribution >= 4 is 33.2 Å². The van der Waals surface area contributed by atoms with Crippen molar-refractivity contribution in [1.29, 1.82) is 0 Å². The summed E-state index contributed by atoms with van der Waals surface area (Å²) in [6, 6.07) is 4.33. The first kappa shape index (κ1) is 13.7. The van der Waals surface area contributed by atoms with Gasteiger partial charge in [0, 0.05) is 17.5 Å². The van der Waals surface area contributed by atoms with E-state index in [9.17, 15) is 4.79 Å². The predicted octanol–water partition coefficient (Wildman–Crippen LogP) is 2.67. The predicted molar refractivity (Wildman–Crippen MR) is 71.4 cm³/mol. The molecule has 90 valence electrons. The highest BCUT2D eigenvalue weighted by atomic mass is 79.9. The summed E-state index contributed by atoms with van der Waals surface area (Å²) in [7, 11) is 0. The van der Waals surface area contributed by atoms with Crippen molar-refractivity contribution in [1.82, 2.24) is 5.32 Å². The molecule has 1 amide bonds. The van der Waals surface area contributed by atoms with E-state index in [2.05, 4.69) is 34.2 Å². The minimum absolute atomic E-state index is 0.231. The van der Waals surface area contributed by atoms with Crippen LogP contribution < -0.4 is 11.1 Å². The third-order valence-electron chi connectivity index (χ3n) is 2.54. The molecule has 1 aromatic rings. The van der Waals surface area contributed by atoms with Crippen LogP contribution in [0.1, 0.15) is 31.7 Å². The van der Waals surface area contributed by atoms with E-state index in [0.717, 1.165) is 3.79 Å². The molecule has 1 heterocycles. The lowest BCUT2D eigenvalue weighted by atomic mass is 9.92. The van der Waals surface area contributed by atoms with E-state index in [1.54, 1.807) is 11.3 Å². The normalized spacial score (nSPS) is 13.8. The number of amides is 1. The number of carbonyl (C=O) groups excluding carboxylic acids is 1. The van der Waals surface area contributed by atoms with Gasteiger partial charge in [0.15, 0.2) is 0 Å². The Morgan fingerprint density at radius 2 is 2.25 bits per heavy atom. The van der Waals surface area contributed by atoms with E-state index >= 15 is 0 Å². The van der Waals surface area contributed by atoms with Crippen LogP contribution >= 0.6 is 27.3 Å². The van der Waals surface area contributed by atoms with E-state index < -0.39 is 5.41 Å². The van der Waals surface area contributed by atoms with Gasteiger partial charge in [0.05, 0.1) is 9.20 Å². The van der Waals surface area contributed by atoms with Crippen LogP contribution in [-0.4, -0.2) is 12.5 Å². The SMILES string of the molecule is C[C@H](NCC(C)(C)C(N)=O)c1ccc(Br)s1. The second kappa shape index (κ2) is 5.29. The van der Waals surface area contributed by atoms with Crippen molar-refractivity contribution in [2.75, 3.05) is 6.54 Å². The van der Waals surface area contributed by atoms with E-state index in [1.807, 2.05) is 19.9 Å². The van der Waals surface area contributed by atoms with Gasteiger partial charge in [-0.3, -0.25) is 4.79 Å². The summed E-state index contributed by atoms with van der Waals surface area (Å²) < 4.78 is 1.12. The maximum atomic E-state index is 11.2. The van der Waals surface area contributed by atoms with Crippen LogP contribution in [-0.2, 0) is 4.79 Å². The molecule has 3 nitrogen and oxygen atoms in total. The lowest BCUT2D eigenvalue weighted by Crippen LogP contribution is -2.41. The molecule has 0 saturated heterocycles.